The van der Waals surface area contributed by atoms with E-state index in [-0.39, 0.29) is 0 Å². The highest BCUT2D eigenvalue weighted by molar-refractivity contribution is 5.79. The molecule has 0 aliphatic rings. The van der Waals surface area contributed by atoms with Crippen LogP contribution in [0.1, 0.15) is 27.8 Å². The van der Waals surface area contributed by atoms with Crippen molar-refractivity contribution in [1.82, 2.24) is 0 Å². The van der Waals surface area contributed by atoms with E-state index in [9.17, 15) is 5.26 Å². The van der Waals surface area contributed by atoms with E-state index in [1.54, 1.807) is 0 Å². The number of nitrogens with one attached hydrogen (secondary N) is 1. The zero-order chi connectivity index (χ0) is 14.7. The van der Waals surface area contributed by atoms with Gasteiger partial charge in [-0.3, -0.25) is 0 Å². The monoisotopic (exact) mass is 262 g/mol. The molecule has 0 saturated heterocycles. The molecular weight excluding hydrogens is 244 g/mol. The van der Waals surface area contributed by atoms with Crippen molar-refractivity contribution in [2.75, 3.05) is 5.32 Å². The van der Waals surface area contributed by atoms with E-state index in [1.807, 2.05) is 25.1 Å². The smallest absolute Gasteiger partial charge is 0.101 e. The molecule has 2 aromatic rings. The van der Waals surface area contributed by atoms with Gasteiger partial charge in [0.05, 0.1) is 11.3 Å². The molecule has 0 bridgehead atoms. The summed E-state index contributed by atoms with van der Waals surface area (Å²) < 4.78 is 0. The third kappa shape index (κ3) is 2.89. The van der Waals surface area contributed by atoms with Gasteiger partial charge in [-0.25, -0.2) is 0 Å². The first kappa shape index (κ1) is 13.9. The Hall–Kier alpha value is -2.53. The molecule has 1 N–H and O–H groups in total. The van der Waals surface area contributed by atoms with Gasteiger partial charge in [-0.15, -0.1) is 0 Å². The Morgan fingerprint density at radius 1 is 1.05 bits per heavy atom. The van der Waals surface area contributed by atoms with Crippen LogP contribution in [0.25, 0.3) is 5.70 Å². The van der Waals surface area contributed by atoms with E-state index in [2.05, 4.69) is 50.0 Å². The molecule has 0 saturated carbocycles. The molecule has 0 unspecified atom stereocenters. The Balaban J connectivity index is 2.33. The van der Waals surface area contributed by atoms with Gasteiger partial charge < -0.3 is 5.32 Å². The number of rotatable bonds is 3. The number of aryl methyl sites for hydroxylation is 3. The minimum atomic E-state index is 0.636. The van der Waals surface area contributed by atoms with Gasteiger partial charge in [-0.05, 0) is 50.1 Å². The average Bonchev–Trinajstić information content (AvgIpc) is 2.43. The average molecular weight is 262 g/mol. The summed E-state index contributed by atoms with van der Waals surface area (Å²) in [6.07, 6.45) is 0. The molecule has 2 heteroatoms. The lowest BCUT2D eigenvalue weighted by Crippen LogP contribution is -2.01. The van der Waals surface area contributed by atoms with Gasteiger partial charge in [-0.1, -0.05) is 30.3 Å². The molecule has 2 aromatic carbocycles. The number of anilines is 1. The maximum atomic E-state index is 9.21. The summed E-state index contributed by atoms with van der Waals surface area (Å²) in [5.74, 6) is 0. The highest BCUT2D eigenvalue weighted by Crippen LogP contribution is 2.24. The molecular formula is C18H18N2. The van der Waals surface area contributed by atoms with Crippen LogP contribution in [0.2, 0.25) is 0 Å². The fourth-order valence-electron chi connectivity index (χ4n) is 2.15. The van der Waals surface area contributed by atoms with E-state index >= 15 is 0 Å². The van der Waals surface area contributed by atoms with Crippen molar-refractivity contribution in [3.8, 4) is 6.07 Å². The van der Waals surface area contributed by atoms with Crippen molar-refractivity contribution in [3.05, 3.63) is 70.8 Å². The molecule has 0 heterocycles. The van der Waals surface area contributed by atoms with Gasteiger partial charge >= 0.3 is 0 Å². The van der Waals surface area contributed by atoms with E-state index in [1.165, 1.54) is 11.1 Å². The lowest BCUT2D eigenvalue weighted by Gasteiger charge is -2.14. The number of nitrogens with zero attached hydrogens (tertiary/aromatic N) is 1. The summed E-state index contributed by atoms with van der Waals surface area (Å²) in [6, 6.07) is 14.3. The normalized spacial score (nSPS) is 9.90. The van der Waals surface area contributed by atoms with Gasteiger partial charge in [-0.2, -0.15) is 5.26 Å². The molecule has 20 heavy (non-hydrogen) atoms. The van der Waals surface area contributed by atoms with E-state index in [0.29, 0.717) is 5.56 Å². The zero-order valence-electron chi connectivity index (χ0n) is 12.1. The molecule has 2 nitrogen and oxygen atoms in total. The van der Waals surface area contributed by atoms with E-state index < -0.39 is 0 Å². The molecule has 0 amide bonds. The fourth-order valence-corrected chi connectivity index (χ4v) is 2.15. The van der Waals surface area contributed by atoms with Crippen molar-refractivity contribution >= 4 is 11.4 Å². The Kier molecular flexibility index (Phi) is 3.91. The molecule has 0 fully saturated rings. The van der Waals surface area contributed by atoms with Gasteiger partial charge in [0, 0.05) is 11.3 Å². The maximum absolute atomic E-state index is 9.21. The van der Waals surface area contributed by atoms with Crippen LogP contribution in [0.15, 0.2) is 43.0 Å². The molecule has 0 atom stereocenters. The Morgan fingerprint density at radius 3 is 2.40 bits per heavy atom. The summed E-state index contributed by atoms with van der Waals surface area (Å²) in [6.45, 7) is 10.2. The SMILES string of the molecule is C=C(Nc1ccc(C)cc1C#N)c1cc(C)ccc1C. The van der Waals surface area contributed by atoms with Gasteiger partial charge in [0.1, 0.15) is 6.07 Å². The highest BCUT2D eigenvalue weighted by Gasteiger charge is 2.07. The van der Waals surface area contributed by atoms with Crippen molar-refractivity contribution in [2.24, 2.45) is 0 Å². The standard InChI is InChI=1S/C18H18N2/c1-12-6-8-18(16(9-12)11-19)20-15(4)17-10-13(2)5-7-14(17)3/h5-10,20H,4H2,1-3H3. The molecule has 0 aliphatic heterocycles. The molecule has 0 radical (unpaired) electrons. The van der Waals surface area contributed by atoms with E-state index in [0.717, 1.165) is 22.5 Å². The molecule has 2 rings (SSSR count). The second-order valence-corrected chi connectivity index (χ2v) is 5.08. The van der Waals surface area contributed by atoms with Gasteiger partial charge in [0.25, 0.3) is 0 Å². The largest absolute Gasteiger partial charge is 0.354 e. The first-order chi connectivity index (χ1) is 9.51. The second-order valence-electron chi connectivity index (χ2n) is 5.08. The number of benzene rings is 2. The summed E-state index contributed by atoms with van der Waals surface area (Å²) in [5, 5.41) is 12.5. The Bertz CT molecular complexity index is 706. The van der Waals surface area contributed by atoms with Gasteiger partial charge in [0.2, 0.25) is 0 Å². The Labute approximate surface area is 120 Å². The molecule has 0 spiro atoms. The first-order valence-electron chi connectivity index (χ1n) is 6.55. The molecule has 100 valence electrons. The van der Waals surface area contributed by atoms with Crippen LogP contribution in [0.5, 0.6) is 0 Å². The van der Waals surface area contributed by atoms with Crippen LogP contribution >= 0.6 is 0 Å². The summed E-state index contributed by atoms with van der Waals surface area (Å²) in [5.41, 5.74) is 6.75. The predicted octanol–water partition coefficient (Wildman–Crippen LogP) is 4.57. The second kappa shape index (κ2) is 5.63. The quantitative estimate of drug-likeness (QED) is 0.879. The number of hydrogen-bond donors (Lipinski definition) is 1. The topological polar surface area (TPSA) is 35.8 Å². The lowest BCUT2D eigenvalue weighted by molar-refractivity contribution is 1.35. The summed E-state index contributed by atoms with van der Waals surface area (Å²) >= 11 is 0. The third-order valence-electron chi connectivity index (χ3n) is 3.30. The van der Waals surface area contributed by atoms with Crippen LogP contribution in [0, 0.1) is 32.1 Å². The highest BCUT2D eigenvalue weighted by atomic mass is 14.9. The van der Waals surface area contributed by atoms with Crippen LogP contribution < -0.4 is 5.32 Å². The predicted molar refractivity (Wildman–Crippen MR) is 84.5 cm³/mol. The van der Waals surface area contributed by atoms with Crippen molar-refractivity contribution < 1.29 is 0 Å². The van der Waals surface area contributed by atoms with Crippen molar-refractivity contribution in [3.63, 3.8) is 0 Å². The summed E-state index contributed by atoms with van der Waals surface area (Å²) in [7, 11) is 0. The van der Waals surface area contributed by atoms with E-state index in [4.69, 9.17) is 0 Å². The first-order valence-corrected chi connectivity index (χ1v) is 6.55. The third-order valence-corrected chi connectivity index (χ3v) is 3.30. The van der Waals surface area contributed by atoms with Crippen molar-refractivity contribution in [1.29, 1.82) is 5.26 Å². The number of nitriles is 1. The van der Waals surface area contributed by atoms with Crippen molar-refractivity contribution in [2.45, 2.75) is 20.8 Å². The minimum Gasteiger partial charge on any atom is -0.354 e. The van der Waals surface area contributed by atoms with Crippen LogP contribution in [0.4, 0.5) is 5.69 Å². The molecule has 0 aliphatic carbocycles. The van der Waals surface area contributed by atoms with Crippen LogP contribution in [0.3, 0.4) is 0 Å². The van der Waals surface area contributed by atoms with Gasteiger partial charge in [0.15, 0.2) is 0 Å². The van der Waals surface area contributed by atoms with Crippen LogP contribution in [-0.4, -0.2) is 0 Å². The lowest BCUT2D eigenvalue weighted by atomic mass is 10.0. The number of hydrogen-bond acceptors (Lipinski definition) is 2. The maximum Gasteiger partial charge on any atom is 0.101 e. The molecule has 0 aromatic heterocycles. The minimum absolute atomic E-state index is 0.636. The van der Waals surface area contributed by atoms with Crippen LogP contribution in [-0.2, 0) is 0 Å². The Morgan fingerprint density at radius 2 is 1.70 bits per heavy atom. The summed E-state index contributed by atoms with van der Waals surface area (Å²) in [4.78, 5) is 0. The fraction of sp³-hybridized carbons (Fsp3) is 0.167. The zero-order valence-corrected chi connectivity index (χ0v) is 12.1.